The highest BCUT2D eigenvalue weighted by Crippen LogP contribution is 2.35. The van der Waals surface area contributed by atoms with Crippen LogP contribution in [0.1, 0.15) is 0 Å². The number of carbonyl (C=O) groups excluding carboxylic acids is 2. The molecule has 0 saturated carbocycles. The molecule has 3 amide bonds. The van der Waals surface area contributed by atoms with Gasteiger partial charge >= 0.3 is 6.03 Å². The second kappa shape index (κ2) is 6.05. The fourth-order valence-corrected chi connectivity index (χ4v) is 2.23. The van der Waals surface area contributed by atoms with Gasteiger partial charge in [-0.05, 0) is 30.3 Å². The molecule has 2 N–H and O–H groups in total. The molecule has 1 aliphatic heterocycles. The molecule has 1 heterocycles. The van der Waals surface area contributed by atoms with Gasteiger partial charge in [-0.2, -0.15) is 0 Å². The summed E-state index contributed by atoms with van der Waals surface area (Å²) >= 11 is 5.83. The molecule has 0 aromatic heterocycles. The maximum absolute atomic E-state index is 12.3. The monoisotopic (exact) mass is 334 g/mol. The molecule has 23 heavy (non-hydrogen) atoms. The van der Waals surface area contributed by atoms with Crippen molar-refractivity contribution >= 4 is 35.4 Å². The van der Waals surface area contributed by atoms with E-state index < -0.39 is 6.03 Å². The summed E-state index contributed by atoms with van der Waals surface area (Å²) in [5.74, 6) is 0.816. The van der Waals surface area contributed by atoms with Gasteiger partial charge in [0.2, 0.25) is 13.2 Å². The fourth-order valence-electron chi connectivity index (χ4n) is 2.06. The van der Waals surface area contributed by atoms with Crippen molar-refractivity contribution in [3.8, 4) is 17.2 Å². The van der Waals surface area contributed by atoms with Crippen molar-refractivity contribution in [2.75, 3.05) is 17.0 Å². The number of anilines is 2. The Hall–Kier alpha value is -2.93. The van der Waals surface area contributed by atoms with Gasteiger partial charge in [0.05, 0.1) is 5.69 Å². The highest BCUT2D eigenvalue weighted by molar-refractivity contribution is 6.31. The first kappa shape index (κ1) is 15.0. The predicted molar refractivity (Wildman–Crippen MR) is 83.2 cm³/mol. The van der Waals surface area contributed by atoms with Crippen LogP contribution in [-0.4, -0.2) is 24.3 Å². The molecule has 118 valence electrons. The van der Waals surface area contributed by atoms with E-state index in [1.54, 1.807) is 18.2 Å². The van der Waals surface area contributed by atoms with Gasteiger partial charge in [-0.15, -0.1) is 0 Å². The standard InChI is InChI=1S/C15H11ClN2O5/c16-9-1-3-12(20)11(5-9)18(7-19)15(21)17-10-2-4-13-14(6-10)23-8-22-13/h1-7,20H,8H2,(H,17,21). The molecule has 0 spiro atoms. The Labute approximate surface area is 136 Å². The molecule has 0 bridgehead atoms. The number of hydrogen-bond donors (Lipinski definition) is 2. The minimum Gasteiger partial charge on any atom is -0.506 e. The van der Waals surface area contributed by atoms with Crippen molar-refractivity contribution < 1.29 is 24.2 Å². The SMILES string of the molecule is O=CN(C(=O)Nc1ccc2c(c1)OCO2)c1cc(Cl)ccc1O. The van der Waals surface area contributed by atoms with Crippen LogP contribution in [0.25, 0.3) is 0 Å². The summed E-state index contributed by atoms with van der Waals surface area (Å²) in [7, 11) is 0. The molecule has 1 aliphatic rings. The number of nitrogens with zero attached hydrogens (tertiary/aromatic N) is 1. The van der Waals surface area contributed by atoms with Gasteiger partial charge in [-0.1, -0.05) is 11.6 Å². The number of ether oxygens (including phenoxy) is 2. The smallest absolute Gasteiger partial charge is 0.333 e. The van der Waals surface area contributed by atoms with E-state index in [4.69, 9.17) is 21.1 Å². The molecule has 7 nitrogen and oxygen atoms in total. The molecule has 8 heteroatoms. The van der Waals surface area contributed by atoms with E-state index in [1.807, 2.05) is 0 Å². The molecule has 3 rings (SSSR count). The maximum atomic E-state index is 12.3. The van der Waals surface area contributed by atoms with Crippen molar-refractivity contribution in [1.29, 1.82) is 0 Å². The third-order valence-corrected chi connectivity index (χ3v) is 3.38. The topological polar surface area (TPSA) is 88.1 Å². The first-order valence-corrected chi connectivity index (χ1v) is 6.90. The van der Waals surface area contributed by atoms with E-state index in [0.717, 1.165) is 0 Å². The minimum absolute atomic E-state index is 0.0225. The number of phenolic OH excluding ortho intramolecular Hbond substituents is 1. The van der Waals surface area contributed by atoms with E-state index >= 15 is 0 Å². The van der Waals surface area contributed by atoms with E-state index in [0.29, 0.717) is 22.1 Å². The maximum Gasteiger partial charge on any atom is 0.333 e. The number of amides is 3. The predicted octanol–water partition coefficient (Wildman–Crippen LogP) is 2.97. The van der Waals surface area contributed by atoms with Crippen molar-refractivity contribution in [3.63, 3.8) is 0 Å². The Morgan fingerprint density at radius 1 is 1.22 bits per heavy atom. The molecule has 0 aliphatic carbocycles. The van der Waals surface area contributed by atoms with Crippen molar-refractivity contribution in [3.05, 3.63) is 41.4 Å². The van der Waals surface area contributed by atoms with Gasteiger partial charge in [-0.3, -0.25) is 4.79 Å². The van der Waals surface area contributed by atoms with Gasteiger partial charge in [0.15, 0.2) is 11.5 Å². The van der Waals surface area contributed by atoms with Crippen LogP contribution in [0.15, 0.2) is 36.4 Å². The third kappa shape index (κ3) is 3.00. The Balaban J connectivity index is 1.83. The summed E-state index contributed by atoms with van der Waals surface area (Å²) in [6, 6.07) is 8.11. The van der Waals surface area contributed by atoms with E-state index in [-0.39, 0.29) is 29.7 Å². The average molecular weight is 335 g/mol. The van der Waals surface area contributed by atoms with E-state index in [9.17, 15) is 14.7 Å². The summed E-state index contributed by atoms with van der Waals surface area (Å²) in [4.78, 5) is 24.2. The lowest BCUT2D eigenvalue weighted by atomic mass is 10.2. The van der Waals surface area contributed by atoms with Crippen LogP contribution in [-0.2, 0) is 4.79 Å². The molecule has 0 unspecified atom stereocenters. The van der Waals surface area contributed by atoms with Gasteiger partial charge < -0.3 is 19.9 Å². The largest absolute Gasteiger partial charge is 0.506 e. The summed E-state index contributed by atoms with van der Waals surface area (Å²) in [6.07, 6.45) is 0.285. The number of phenols is 1. The molecule has 0 atom stereocenters. The van der Waals surface area contributed by atoms with Crippen molar-refractivity contribution in [2.45, 2.75) is 0 Å². The van der Waals surface area contributed by atoms with Crippen LogP contribution in [0, 0.1) is 0 Å². The molecule has 0 fully saturated rings. The quantitative estimate of drug-likeness (QED) is 0.842. The number of hydrogen-bond acceptors (Lipinski definition) is 5. The van der Waals surface area contributed by atoms with E-state index in [1.165, 1.54) is 18.2 Å². The van der Waals surface area contributed by atoms with Crippen LogP contribution >= 0.6 is 11.6 Å². The lowest BCUT2D eigenvalue weighted by molar-refractivity contribution is -0.106. The zero-order valence-electron chi connectivity index (χ0n) is 11.7. The second-order valence-corrected chi connectivity index (χ2v) is 5.04. The van der Waals surface area contributed by atoms with Crippen molar-refractivity contribution in [1.82, 2.24) is 0 Å². The van der Waals surface area contributed by atoms with Crippen LogP contribution in [0.5, 0.6) is 17.2 Å². The van der Waals surface area contributed by atoms with Gasteiger partial charge in [0.25, 0.3) is 0 Å². The van der Waals surface area contributed by atoms with Crippen LogP contribution in [0.4, 0.5) is 16.2 Å². The number of halogens is 1. The molecular weight excluding hydrogens is 324 g/mol. The van der Waals surface area contributed by atoms with Crippen LogP contribution in [0.2, 0.25) is 5.02 Å². The molecule has 2 aromatic rings. The Morgan fingerprint density at radius 2 is 2.00 bits per heavy atom. The normalized spacial score (nSPS) is 11.9. The number of rotatable bonds is 3. The van der Waals surface area contributed by atoms with Gasteiger partial charge in [0.1, 0.15) is 5.75 Å². The third-order valence-electron chi connectivity index (χ3n) is 3.15. The lowest BCUT2D eigenvalue weighted by Gasteiger charge is -2.18. The Morgan fingerprint density at radius 3 is 2.78 bits per heavy atom. The number of fused-ring (bicyclic) bond motifs is 1. The highest BCUT2D eigenvalue weighted by Gasteiger charge is 2.20. The van der Waals surface area contributed by atoms with Crippen LogP contribution < -0.4 is 19.7 Å². The number of aromatic hydroxyl groups is 1. The zero-order chi connectivity index (χ0) is 16.4. The summed E-state index contributed by atoms with van der Waals surface area (Å²) in [5, 5.41) is 12.6. The molecule has 0 saturated heterocycles. The fraction of sp³-hybridized carbons (Fsp3) is 0.0667. The molecule has 2 aromatic carbocycles. The number of carbonyl (C=O) groups is 2. The van der Waals surface area contributed by atoms with Gasteiger partial charge in [-0.25, -0.2) is 9.69 Å². The number of imide groups is 1. The number of urea groups is 1. The van der Waals surface area contributed by atoms with Crippen molar-refractivity contribution in [2.24, 2.45) is 0 Å². The first-order chi connectivity index (χ1) is 11.1. The Kier molecular flexibility index (Phi) is 3.94. The van der Waals surface area contributed by atoms with Crippen LogP contribution in [0.3, 0.4) is 0 Å². The second-order valence-electron chi connectivity index (χ2n) is 4.61. The molecular formula is C15H11ClN2O5. The minimum atomic E-state index is -0.753. The highest BCUT2D eigenvalue weighted by atomic mass is 35.5. The lowest BCUT2D eigenvalue weighted by Crippen LogP contribution is -2.33. The summed E-state index contributed by atoms with van der Waals surface area (Å²) in [6.45, 7) is 0.115. The first-order valence-electron chi connectivity index (χ1n) is 6.52. The summed E-state index contributed by atoms with van der Waals surface area (Å²) in [5.41, 5.74) is 0.387. The summed E-state index contributed by atoms with van der Waals surface area (Å²) < 4.78 is 10.4. The van der Waals surface area contributed by atoms with Gasteiger partial charge in [0, 0.05) is 16.8 Å². The number of nitrogens with one attached hydrogen (secondary N) is 1. The zero-order valence-corrected chi connectivity index (χ0v) is 12.4. The Bertz CT molecular complexity index is 780. The molecule has 0 radical (unpaired) electrons. The van der Waals surface area contributed by atoms with E-state index in [2.05, 4.69) is 5.32 Å². The number of benzene rings is 2. The average Bonchev–Trinajstić information content (AvgIpc) is 2.99.